The summed E-state index contributed by atoms with van der Waals surface area (Å²) in [6, 6.07) is 7.33. The number of aromatic nitrogens is 2. The highest BCUT2D eigenvalue weighted by molar-refractivity contribution is 7.98. The fraction of sp³-hybridized carbons (Fsp3) is 0.357. The number of hydrogen-bond acceptors (Lipinski definition) is 4. The van der Waals surface area contributed by atoms with Crippen LogP contribution in [0, 0.1) is 0 Å². The third-order valence-electron chi connectivity index (χ3n) is 3.04. The molecule has 0 fully saturated rings. The molecule has 122 valence electrons. The summed E-state index contributed by atoms with van der Waals surface area (Å²) < 4.78 is 1.64. The monoisotopic (exact) mass is 381 g/mol. The number of hydrogen-bond donors (Lipinski definition) is 2. The van der Waals surface area contributed by atoms with Crippen molar-refractivity contribution >= 4 is 47.4 Å². The Hall–Kier alpha value is -0.430. The van der Waals surface area contributed by atoms with Gasteiger partial charge in [0.15, 0.2) is 0 Å². The van der Waals surface area contributed by atoms with Crippen LogP contribution in [0.25, 0.3) is 0 Å². The maximum Gasteiger partial charge on any atom is 0.130 e. The van der Waals surface area contributed by atoms with Crippen LogP contribution in [0.5, 0.6) is 0 Å². The molecule has 1 heterocycles. The van der Waals surface area contributed by atoms with E-state index in [-0.39, 0.29) is 25.1 Å². The van der Waals surface area contributed by atoms with Gasteiger partial charge in [-0.05, 0) is 30.7 Å². The first-order valence-electron chi connectivity index (χ1n) is 6.46. The molecule has 0 aliphatic rings. The van der Waals surface area contributed by atoms with Gasteiger partial charge in [0.2, 0.25) is 0 Å². The van der Waals surface area contributed by atoms with Gasteiger partial charge >= 0.3 is 0 Å². The molecule has 1 unspecified atom stereocenters. The Balaban J connectivity index is 0.00000242. The zero-order valence-electron chi connectivity index (χ0n) is 12.0. The zero-order chi connectivity index (χ0) is 15.4. The molecular weight excluding hydrogens is 365 g/mol. The van der Waals surface area contributed by atoms with E-state index >= 15 is 0 Å². The smallest absolute Gasteiger partial charge is 0.130 e. The molecule has 4 nitrogen and oxygen atoms in total. The van der Waals surface area contributed by atoms with Crippen molar-refractivity contribution in [3.05, 3.63) is 45.7 Å². The molecule has 0 radical (unpaired) electrons. The predicted octanol–water partition coefficient (Wildman–Crippen LogP) is 3.30. The number of aliphatic hydroxyl groups is 1. The molecule has 2 aromatic rings. The number of rotatable bonds is 6. The molecule has 8 heteroatoms. The highest BCUT2D eigenvalue weighted by Gasteiger charge is 2.17. The lowest BCUT2D eigenvalue weighted by molar-refractivity contribution is 0.265. The van der Waals surface area contributed by atoms with E-state index in [0.29, 0.717) is 17.3 Å². The van der Waals surface area contributed by atoms with Gasteiger partial charge < -0.3 is 10.8 Å². The van der Waals surface area contributed by atoms with Crippen LogP contribution in [-0.2, 0) is 19.2 Å². The van der Waals surface area contributed by atoms with Crippen molar-refractivity contribution in [2.75, 3.05) is 6.61 Å². The second-order valence-electron chi connectivity index (χ2n) is 4.73. The van der Waals surface area contributed by atoms with E-state index in [0.717, 1.165) is 21.2 Å². The van der Waals surface area contributed by atoms with E-state index in [4.69, 9.17) is 34.0 Å². The summed E-state index contributed by atoms with van der Waals surface area (Å²) in [5.41, 5.74) is 7.61. The van der Waals surface area contributed by atoms with Crippen molar-refractivity contribution in [3.8, 4) is 0 Å². The Morgan fingerprint density at radius 3 is 2.55 bits per heavy atom. The van der Waals surface area contributed by atoms with Crippen molar-refractivity contribution in [1.82, 2.24) is 9.78 Å². The minimum absolute atomic E-state index is 0. The Morgan fingerprint density at radius 1 is 1.32 bits per heavy atom. The fourth-order valence-electron chi connectivity index (χ4n) is 1.93. The van der Waals surface area contributed by atoms with Gasteiger partial charge in [0.05, 0.1) is 12.3 Å². The first kappa shape index (κ1) is 19.6. The molecule has 0 spiro atoms. The summed E-state index contributed by atoms with van der Waals surface area (Å²) in [6.07, 6.45) is 0.514. The van der Waals surface area contributed by atoms with Crippen LogP contribution in [0.15, 0.2) is 29.2 Å². The third-order valence-corrected chi connectivity index (χ3v) is 4.79. The van der Waals surface area contributed by atoms with E-state index in [1.54, 1.807) is 23.5 Å². The molecule has 1 atom stereocenters. The molecule has 0 saturated carbocycles. The Kier molecular flexibility index (Phi) is 8.03. The summed E-state index contributed by atoms with van der Waals surface area (Å²) in [6.45, 7) is -0.0744. The maximum absolute atomic E-state index is 9.11. The third kappa shape index (κ3) is 5.05. The van der Waals surface area contributed by atoms with Crippen LogP contribution in [0.2, 0.25) is 10.2 Å². The molecule has 0 saturated heterocycles. The van der Waals surface area contributed by atoms with Gasteiger partial charge in [-0.15, -0.1) is 24.2 Å². The van der Waals surface area contributed by atoms with Crippen LogP contribution in [-0.4, -0.2) is 27.5 Å². The first-order chi connectivity index (χ1) is 10.0. The Labute approximate surface area is 150 Å². The number of benzene rings is 1. The molecular formula is C14H18Cl3N3OS. The normalized spacial score (nSPS) is 12.0. The molecule has 1 aromatic heterocycles. The fourth-order valence-corrected chi connectivity index (χ4v) is 3.14. The maximum atomic E-state index is 9.11. The molecule has 2 rings (SSSR count). The van der Waals surface area contributed by atoms with Crippen molar-refractivity contribution in [2.45, 2.75) is 23.1 Å². The average Bonchev–Trinajstić information content (AvgIpc) is 2.74. The van der Waals surface area contributed by atoms with Gasteiger partial charge in [0.1, 0.15) is 5.15 Å². The highest BCUT2D eigenvalue weighted by Crippen LogP contribution is 2.28. The van der Waals surface area contributed by atoms with E-state index in [9.17, 15) is 0 Å². The quantitative estimate of drug-likeness (QED) is 0.752. The Morgan fingerprint density at radius 2 is 1.95 bits per heavy atom. The number of thioether (sulfide) groups is 1. The van der Waals surface area contributed by atoms with Crippen LogP contribution < -0.4 is 5.73 Å². The van der Waals surface area contributed by atoms with E-state index in [1.807, 2.05) is 24.3 Å². The largest absolute Gasteiger partial charge is 0.395 e. The van der Waals surface area contributed by atoms with Gasteiger partial charge in [0.25, 0.3) is 0 Å². The van der Waals surface area contributed by atoms with Gasteiger partial charge in [-0.3, -0.25) is 4.68 Å². The van der Waals surface area contributed by atoms with Crippen LogP contribution in [0.3, 0.4) is 0 Å². The number of aliphatic hydroxyl groups excluding tert-OH is 1. The number of nitrogens with two attached hydrogens (primary N) is 1. The summed E-state index contributed by atoms with van der Waals surface area (Å²) in [5.74, 6) is 0.690. The molecule has 3 N–H and O–H groups in total. The summed E-state index contributed by atoms with van der Waals surface area (Å²) in [4.78, 5) is 1.11. The topological polar surface area (TPSA) is 64.1 Å². The molecule has 0 amide bonds. The standard InChI is InChI=1S/C14H17Cl2N3OS.ClH/c1-19-14(16)12(6-10(17)7-20)13(18-19)8-21-11-4-2-9(15)3-5-11;/h2-5,10,20H,6-8,17H2,1H3;1H. The van der Waals surface area contributed by atoms with Crippen LogP contribution >= 0.6 is 47.4 Å². The van der Waals surface area contributed by atoms with Crippen LogP contribution in [0.4, 0.5) is 0 Å². The Bertz CT molecular complexity index is 604. The summed E-state index contributed by atoms with van der Waals surface area (Å²) >= 11 is 13.8. The van der Waals surface area contributed by atoms with Gasteiger partial charge in [-0.2, -0.15) is 5.10 Å². The number of aryl methyl sites for hydroxylation is 1. The lowest BCUT2D eigenvalue weighted by Crippen LogP contribution is -2.27. The average molecular weight is 383 g/mol. The van der Waals surface area contributed by atoms with Gasteiger partial charge in [-0.1, -0.05) is 23.2 Å². The lowest BCUT2D eigenvalue weighted by Gasteiger charge is -2.08. The SMILES string of the molecule is Cl.Cn1nc(CSc2ccc(Cl)cc2)c(CC(N)CO)c1Cl. The summed E-state index contributed by atoms with van der Waals surface area (Å²) in [5, 5.41) is 14.8. The van der Waals surface area contributed by atoms with E-state index < -0.39 is 0 Å². The van der Waals surface area contributed by atoms with Crippen molar-refractivity contribution in [2.24, 2.45) is 12.8 Å². The van der Waals surface area contributed by atoms with Crippen molar-refractivity contribution in [1.29, 1.82) is 0 Å². The molecule has 22 heavy (non-hydrogen) atoms. The highest BCUT2D eigenvalue weighted by atomic mass is 35.5. The van der Waals surface area contributed by atoms with Gasteiger partial charge in [0, 0.05) is 34.3 Å². The van der Waals surface area contributed by atoms with Crippen molar-refractivity contribution in [3.63, 3.8) is 0 Å². The minimum Gasteiger partial charge on any atom is -0.395 e. The molecule has 1 aromatic carbocycles. The van der Waals surface area contributed by atoms with Crippen molar-refractivity contribution < 1.29 is 5.11 Å². The number of halogens is 3. The zero-order valence-corrected chi connectivity index (χ0v) is 15.1. The number of nitrogens with zero attached hydrogens (tertiary/aromatic N) is 2. The van der Waals surface area contributed by atoms with E-state index in [2.05, 4.69) is 5.10 Å². The van der Waals surface area contributed by atoms with E-state index in [1.165, 1.54) is 0 Å². The minimum atomic E-state index is -0.328. The predicted molar refractivity (Wildman–Crippen MR) is 95.2 cm³/mol. The van der Waals surface area contributed by atoms with Gasteiger partial charge in [-0.25, -0.2) is 0 Å². The molecule has 0 aliphatic heterocycles. The molecule has 0 aliphatic carbocycles. The lowest BCUT2D eigenvalue weighted by atomic mass is 10.1. The summed E-state index contributed by atoms with van der Waals surface area (Å²) in [7, 11) is 1.80. The van der Waals surface area contributed by atoms with Crippen LogP contribution in [0.1, 0.15) is 11.3 Å². The second kappa shape index (κ2) is 9.01. The first-order valence-corrected chi connectivity index (χ1v) is 8.20. The second-order valence-corrected chi connectivity index (χ2v) is 6.57. The molecule has 0 bridgehead atoms.